The van der Waals surface area contributed by atoms with Crippen molar-refractivity contribution in [1.29, 1.82) is 0 Å². The molecule has 0 aromatic carbocycles. The van der Waals surface area contributed by atoms with Gasteiger partial charge in [0.15, 0.2) is 0 Å². The standard InChI is InChI=1S/C11H16Cl2N2O2S2/c1-2-3-14-4-6-15(7-5-14)19(16,17)10-8-9(12)11(13)18-10/h8H,2-7H2,1H3. The van der Waals surface area contributed by atoms with E-state index in [-0.39, 0.29) is 4.21 Å². The lowest BCUT2D eigenvalue weighted by Crippen LogP contribution is -2.48. The lowest BCUT2D eigenvalue weighted by atomic mass is 10.3. The molecule has 1 aliphatic rings. The molecule has 0 amide bonds. The third-order valence-electron chi connectivity index (χ3n) is 3.09. The number of hydrogen-bond acceptors (Lipinski definition) is 4. The summed E-state index contributed by atoms with van der Waals surface area (Å²) in [6, 6.07) is 1.43. The molecule has 4 nitrogen and oxygen atoms in total. The molecule has 0 radical (unpaired) electrons. The summed E-state index contributed by atoms with van der Waals surface area (Å²) in [7, 11) is -3.45. The van der Waals surface area contributed by atoms with Crippen LogP contribution in [-0.4, -0.2) is 50.3 Å². The lowest BCUT2D eigenvalue weighted by Gasteiger charge is -2.33. The summed E-state index contributed by atoms with van der Waals surface area (Å²) in [4.78, 5) is 2.28. The monoisotopic (exact) mass is 342 g/mol. The Hall–Kier alpha value is 0.150. The SMILES string of the molecule is CCCN1CCN(S(=O)(=O)c2cc(Cl)c(Cl)s2)CC1. The van der Waals surface area contributed by atoms with Crippen molar-refractivity contribution in [3.05, 3.63) is 15.4 Å². The predicted molar refractivity (Wildman–Crippen MR) is 79.8 cm³/mol. The zero-order valence-corrected chi connectivity index (χ0v) is 13.7. The van der Waals surface area contributed by atoms with Crippen LogP contribution >= 0.6 is 34.5 Å². The summed E-state index contributed by atoms with van der Waals surface area (Å²) in [6.45, 7) is 5.74. The first-order valence-electron chi connectivity index (χ1n) is 6.12. The summed E-state index contributed by atoms with van der Waals surface area (Å²) < 4.78 is 26.9. The second-order valence-electron chi connectivity index (χ2n) is 4.43. The topological polar surface area (TPSA) is 40.6 Å². The van der Waals surface area contributed by atoms with Gasteiger partial charge in [-0.1, -0.05) is 30.1 Å². The van der Waals surface area contributed by atoms with Gasteiger partial charge in [0, 0.05) is 26.2 Å². The number of halogens is 2. The molecular formula is C11H16Cl2N2O2S2. The maximum absolute atomic E-state index is 12.4. The first-order valence-corrected chi connectivity index (χ1v) is 9.13. The van der Waals surface area contributed by atoms with Crippen molar-refractivity contribution in [1.82, 2.24) is 9.21 Å². The summed E-state index contributed by atoms with van der Waals surface area (Å²) in [6.07, 6.45) is 1.09. The van der Waals surface area contributed by atoms with E-state index in [2.05, 4.69) is 11.8 Å². The number of thiophene rings is 1. The molecule has 1 aromatic heterocycles. The van der Waals surface area contributed by atoms with E-state index < -0.39 is 10.0 Å². The number of rotatable bonds is 4. The van der Waals surface area contributed by atoms with Crippen LogP contribution in [0.3, 0.4) is 0 Å². The molecule has 1 aliphatic heterocycles. The molecule has 1 saturated heterocycles. The van der Waals surface area contributed by atoms with Crippen LogP contribution in [0, 0.1) is 0 Å². The molecule has 8 heteroatoms. The zero-order valence-electron chi connectivity index (χ0n) is 10.6. The van der Waals surface area contributed by atoms with Gasteiger partial charge in [-0.15, -0.1) is 11.3 Å². The average molecular weight is 343 g/mol. The summed E-state index contributed by atoms with van der Waals surface area (Å²) in [5.74, 6) is 0. The number of hydrogen-bond donors (Lipinski definition) is 0. The fraction of sp³-hybridized carbons (Fsp3) is 0.636. The van der Waals surface area contributed by atoms with Crippen molar-refractivity contribution in [2.45, 2.75) is 17.6 Å². The van der Waals surface area contributed by atoms with Gasteiger partial charge in [0.05, 0.1) is 5.02 Å². The first kappa shape index (κ1) is 15.5. The van der Waals surface area contributed by atoms with Crippen molar-refractivity contribution in [3.8, 4) is 0 Å². The van der Waals surface area contributed by atoms with Gasteiger partial charge in [-0.3, -0.25) is 0 Å². The van der Waals surface area contributed by atoms with Crippen LogP contribution < -0.4 is 0 Å². The second kappa shape index (κ2) is 6.28. The molecule has 108 valence electrons. The van der Waals surface area contributed by atoms with Gasteiger partial charge in [0.1, 0.15) is 8.55 Å². The average Bonchev–Trinajstić information content (AvgIpc) is 2.71. The van der Waals surface area contributed by atoms with E-state index in [0.29, 0.717) is 22.4 Å². The lowest BCUT2D eigenvalue weighted by molar-refractivity contribution is 0.189. The van der Waals surface area contributed by atoms with Gasteiger partial charge in [-0.05, 0) is 19.0 Å². The molecule has 0 saturated carbocycles. The molecule has 0 unspecified atom stereocenters. The molecule has 1 fully saturated rings. The highest BCUT2D eigenvalue weighted by Gasteiger charge is 2.30. The Labute approximate surface area is 128 Å². The minimum atomic E-state index is -3.45. The highest BCUT2D eigenvalue weighted by atomic mass is 35.5. The predicted octanol–water partition coefficient (Wildman–Crippen LogP) is 2.77. The maximum atomic E-state index is 12.4. The Balaban J connectivity index is 2.09. The van der Waals surface area contributed by atoms with Gasteiger partial charge in [-0.25, -0.2) is 8.42 Å². The molecule has 0 bridgehead atoms. The fourth-order valence-electron chi connectivity index (χ4n) is 2.09. The van der Waals surface area contributed by atoms with E-state index in [0.717, 1.165) is 37.4 Å². The molecule has 2 rings (SSSR count). The van der Waals surface area contributed by atoms with E-state index in [1.807, 2.05) is 0 Å². The highest BCUT2D eigenvalue weighted by Crippen LogP contribution is 2.35. The van der Waals surface area contributed by atoms with Crippen LogP contribution in [0.15, 0.2) is 10.3 Å². The Kier molecular flexibility index (Phi) is 5.14. The third-order valence-corrected chi connectivity index (χ3v) is 7.30. The Morgan fingerprint density at radius 3 is 2.37 bits per heavy atom. The third kappa shape index (κ3) is 3.43. The van der Waals surface area contributed by atoms with Crippen LogP contribution in [-0.2, 0) is 10.0 Å². The fourth-order valence-corrected chi connectivity index (χ4v) is 5.55. The number of nitrogens with zero attached hydrogens (tertiary/aromatic N) is 2. The van der Waals surface area contributed by atoms with Crippen LogP contribution in [0.5, 0.6) is 0 Å². The van der Waals surface area contributed by atoms with E-state index in [4.69, 9.17) is 23.2 Å². The minimum absolute atomic E-state index is 0.228. The van der Waals surface area contributed by atoms with Crippen molar-refractivity contribution < 1.29 is 8.42 Å². The zero-order chi connectivity index (χ0) is 14.0. The van der Waals surface area contributed by atoms with Gasteiger partial charge in [-0.2, -0.15) is 4.31 Å². The van der Waals surface area contributed by atoms with Crippen molar-refractivity contribution >= 4 is 44.6 Å². The van der Waals surface area contributed by atoms with Crippen molar-refractivity contribution in [2.75, 3.05) is 32.7 Å². The van der Waals surface area contributed by atoms with Crippen LogP contribution in [0.1, 0.15) is 13.3 Å². The molecule has 2 heterocycles. The first-order chi connectivity index (χ1) is 8.95. The number of sulfonamides is 1. The van der Waals surface area contributed by atoms with Gasteiger partial charge in [0.2, 0.25) is 0 Å². The normalized spacial score (nSPS) is 18.9. The molecule has 0 atom stereocenters. The Morgan fingerprint density at radius 2 is 1.89 bits per heavy atom. The van der Waals surface area contributed by atoms with Crippen LogP contribution in [0.25, 0.3) is 0 Å². The summed E-state index contributed by atoms with van der Waals surface area (Å²) >= 11 is 12.7. The molecule has 0 N–H and O–H groups in total. The van der Waals surface area contributed by atoms with E-state index in [9.17, 15) is 8.42 Å². The molecule has 19 heavy (non-hydrogen) atoms. The molecule has 0 aliphatic carbocycles. The molecule has 0 spiro atoms. The van der Waals surface area contributed by atoms with Crippen LogP contribution in [0.4, 0.5) is 0 Å². The summed E-state index contributed by atoms with van der Waals surface area (Å²) in [5, 5.41) is 0.301. The largest absolute Gasteiger partial charge is 0.301 e. The summed E-state index contributed by atoms with van der Waals surface area (Å²) in [5.41, 5.74) is 0. The minimum Gasteiger partial charge on any atom is -0.301 e. The van der Waals surface area contributed by atoms with E-state index in [1.165, 1.54) is 10.4 Å². The Bertz CT molecular complexity index is 517. The highest BCUT2D eigenvalue weighted by molar-refractivity contribution is 7.91. The van der Waals surface area contributed by atoms with E-state index in [1.54, 1.807) is 0 Å². The van der Waals surface area contributed by atoms with Gasteiger partial charge >= 0.3 is 0 Å². The van der Waals surface area contributed by atoms with E-state index >= 15 is 0 Å². The van der Waals surface area contributed by atoms with Gasteiger partial charge in [0.25, 0.3) is 10.0 Å². The van der Waals surface area contributed by atoms with Crippen molar-refractivity contribution in [3.63, 3.8) is 0 Å². The molecule has 1 aromatic rings. The smallest absolute Gasteiger partial charge is 0.252 e. The number of piperazine rings is 1. The quantitative estimate of drug-likeness (QED) is 0.844. The van der Waals surface area contributed by atoms with Crippen molar-refractivity contribution in [2.24, 2.45) is 0 Å². The maximum Gasteiger partial charge on any atom is 0.252 e. The van der Waals surface area contributed by atoms with Crippen LogP contribution in [0.2, 0.25) is 9.36 Å². The Morgan fingerprint density at radius 1 is 1.26 bits per heavy atom. The van der Waals surface area contributed by atoms with Gasteiger partial charge < -0.3 is 4.90 Å². The second-order valence-corrected chi connectivity index (χ2v) is 8.66. The molecular weight excluding hydrogens is 327 g/mol.